The number of phenolic OH excluding ortho intramolecular Hbond substituents is 1. The third-order valence-corrected chi connectivity index (χ3v) is 3.43. The van der Waals surface area contributed by atoms with Gasteiger partial charge >= 0.3 is 11.8 Å². The molecule has 0 bridgehead atoms. The molecule has 0 saturated carbocycles. The monoisotopic (exact) mass is 345 g/mol. The van der Waals surface area contributed by atoms with E-state index >= 15 is 0 Å². The molecule has 3 N–H and O–H groups in total. The molecule has 0 fully saturated rings. The van der Waals surface area contributed by atoms with E-state index in [2.05, 4.69) is 15.8 Å². The average molecular weight is 346 g/mol. The van der Waals surface area contributed by atoms with Gasteiger partial charge in [0.25, 0.3) is 0 Å². The van der Waals surface area contributed by atoms with Crippen LogP contribution in [-0.4, -0.2) is 23.1 Å². The Morgan fingerprint density at radius 3 is 2.54 bits per heavy atom. The first-order chi connectivity index (χ1) is 11.5. The summed E-state index contributed by atoms with van der Waals surface area (Å²) in [6.07, 6.45) is 1.32. The predicted octanol–water partition coefficient (Wildman–Crippen LogP) is 2.12. The van der Waals surface area contributed by atoms with Gasteiger partial charge in [-0.2, -0.15) is 5.10 Å². The van der Waals surface area contributed by atoms with Crippen LogP contribution in [0.1, 0.15) is 16.7 Å². The summed E-state index contributed by atoms with van der Waals surface area (Å²) in [6.45, 7) is 2.22. The van der Waals surface area contributed by atoms with Crippen molar-refractivity contribution in [2.45, 2.75) is 13.5 Å². The summed E-state index contributed by atoms with van der Waals surface area (Å²) in [5, 5.41) is 15.6. The standard InChI is InChI=1S/C17H16ClN3O3/c1-11-2-4-12(5-3-11)9-19-16(23)17(24)21-20-10-13-6-7-15(22)14(18)8-13/h2-8,10,22H,9H2,1H3,(H,19,23)(H,21,24)/b20-10-. The summed E-state index contributed by atoms with van der Waals surface area (Å²) in [6, 6.07) is 12.0. The van der Waals surface area contributed by atoms with Crippen molar-refractivity contribution in [2.75, 3.05) is 0 Å². The molecule has 24 heavy (non-hydrogen) atoms. The molecular formula is C17H16ClN3O3. The zero-order chi connectivity index (χ0) is 17.5. The van der Waals surface area contributed by atoms with Crippen LogP contribution in [0.2, 0.25) is 5.02 Å². The Morgan fingerprint density at radius 1 is 1.17 bits per heavy atom. The van der Waals surface area contributed by atoms with Gasteiger partial charge in [0.15, 0.2) is 0 Å². The first-order valence-electron chi connectivity index (χ1n) is 7.11. The third-order valence-electron chi connectivity index (χ3n) is 3.13. The predicted molar refractivity (Wildman–Crippen MR) is 91.9 cm³/mol. The van der Waals surface area contributed by atoms with Gasteiger partial charge in [-0.15, -0.1) is 0 Å². The second-order valence-corrected chi connectivity index (χ2v) is 5.49. The van der Waals surface area contributed by atoms with Gasteiger partial charge in [-0.25, -0.2) is 5.43 Å². The average Bonchev–Trinajstić information content (AvgIpc) is 2.57. The van der Waals surface area contributed by atoms with Crippen molar-refractivity contribution in [3.8, 4) is 5.75 Å². The number of amides is 2. The highest BCUT2D eigenvalue weighted by Crippen LogP contribution is 2.22. The van der Waals surface area contributed by atoms with E-state index in [1.54, 1.807) is 6.07 Å². The Bertz CT molecular complexity index is 773. The van der Waals surface area contributed by atoms with E-state index in [9.17, 15) is 14.7 Å². The van der Waals surface area contributed by atoms with E-state index in [1.807, 2.05) is 31.2 Å². The summed E-state index contributed by atoms with van der Waals surface area (Å²) in [4.78, 5) is 23.3. The number of rotatable bonds is 4. The van der Waals surface area contributed by atoms with Crippen molar-refractivity contribution in [3.63, 3.8) is 0 Å². The maximum absolute atomic E-state index is 11.7. The minimum atomic E-state index is -0.872. The molecule has 2 amide bonds. The lowest BCUT2D eigenvalue weighted by Gasteiger charge is -2.04. The van der Waals surface area contributed by atoms with Gasteiger partial charge in [0, 0.05) is 6.54 Å². The Kier molecular flexibility index (Phi) is 5.92. The van der Waals surface area contributed by atoms with Crippen molar-refractivity contribution < 1.29 is 14.7 Å². The topological polar surface area (TPSA) is 90.8 Å². The Hall–Kier alpha value is -2.86. The lowest BCUT2D eigenvalue weighted by atomic mass is 10.1. The molecule has 0 aliphatic heterocycles. The van der Waals surface area contributed by atoms with Crippen molar-refractivity contribution in [3.05, 3.63) is 64.2 Å². The maximum Gasteiger partial charge on any atom is 0.329 e. The number of halogens is 1. The van der Waals surface area contributed by atoms with Crippen LogP contribution in [0.15, 0.2) is 47.6 Å². The quantitative estimate of drug-likeness (QED) is 0.450. The molecule has 0 aliphatic rings. The second-order valence-electron chi connectivity index (χ2n) is 5.08. The highest BCUT2D eigenvalue weighted by atomic mass is 35.5. The fourth-order valence-corrected chi connectivity index (χ4v) is 1.98. The van der Waals surface area contributed by atoms with Gasteiger partial charge in [0.05, 0.1) is 11.2 Å². The molecule has 6 nitrogen and oxygen atoms in total. The van der Waals surface area contributed by atoms with Crippen molar-refractivity contribution in [1.82, 2.24) is 10.7 Å². The molecule has 2 aromatic carbocycles. The van der Waals surface area contributed by atoms with Crippen LogP contribution in [0.3, 0.4) is 0 Å². The van der Waals surface area contributed by atoms with Crippen LogP contribution in [0.4, 0.5) is 0 Å². The molecule has 124 valence electrons. The number of nitrogens with one attached hydrogen (secondary N) is 2. The number of aromatic hydroxyl groups is 1. The summed E-state index contributed by atoms with van der Waals surface area (Å²) in [7, 11) is 0. The zero-order valence-corrected chi connectivity index (χ0v) is 13.7. The smallest absolute Gasteiger partial charge is 0.329 e. The number of benzene rings is 2. The van der Waals surface area contributed by atoms with E-state index in [0.717, 1.165) is 11.1 Å². The van der Waals surface area contributed by atoms with Crippen LogP contribution in [0.5, 0.6) is 5.75 Å². The zero-order valence-electron chi connectivity index (χ0n) is 12.9. The number of aryl methyl sites for hydroxylation is 1. The number of carbonyl (C=O) groups excluding carboxylic acids is 2. The fourth-order valence-electron chi connectivity index (χ4n) is 1.79. The molecule has 0 unspecified atom stereocenters. The molecule has 0 atom stereocenters. The second kappa shape index (κ2) is 8.12. The van der Waals surface area contributed by atoms with E-state index < -0.39 is 11.8 Å². The molecular weight excluding hydrogens is 330 g/mol. The molecule has 2 aromatic rings. The minimum Gasteiger partial charge on any atom is -0.506 e. The first kappa shape index (κ1) is 17.5. The number of hydrogen-bond donors (Lipinski definition) is 3. The number of carbonyl (C=O) groups is 2. The normalized spacial score (nSPS) is 10.6. The molecule has 0 radical (unpaired) electrons. The van der Waals surface area contributed by atoms with Gasteiger partial charge in [-0.05, 0) is 36.2 Å². The van der Waals surface area contributed by atoms with Crippen molar-refractivity contribution in [2.24, 2.45) is 5.10 Å². The number of phenols is 1. The fraction of sp³-hybridized carbons (Fsp3) is 0.118. The van der Waals surface area contributed by atoms with Crippen LogP contribution < -0.4 is 10.7 Å². The van der Waals surface area contributed by atoms with Gasteiger partial charge in [0.2, 0.25) is 0 Å². The van der Waals surface area contributed by atoms with Crippen LogP contribution >= 0.6 is 11.6 Å². The van der Waals surface area contributed by atoms with Crippen molar-refractivity contribution in [1.29, 1.82) is 0 Å². The molecule has 0 saturated heterocycles. The molecule has 0 aliphatic carbocycles. The van der Waals surface area contributed by atoms with Gasteiger partial charge in [0.1, 0.15) is 5.75 Å². The Balaban J connectivity index is 1.82. The Labute approximate surface area is 144 Å². The summed E-state index contributed by atoms with van der Waals surface area (Å²) < 4.78 is 0. The molecule has 0 aromatic heterocycles. The molecule has 2 rings (SSSR count). The van der Waals surface area contributed by atoms with Crippen LogP contribution in [0.25, 0.3) is 0 Å². The largest absolute Gasteiger partial charge is 0.506 e. The van der Waals surface area contributed by atoms with E-state index in [1.165, 1.54) is 18.3 Å². The SMILES string of the molecule is Cc1ccc(CNC(=O)C(=O)N/N=C\c2ccc(O)c(Cl)c2)cc1. The first-order valence-corrected chi connectivity index (χ1v) is 7.49. The van der Waals surface area contributed by atoms with Gasteiger partial charge in [-0.1, -0.05) is 41.4 Å². The number of hydrogen-bond acceptors (Lipinski definition) is 4. The highest BCUT2D eigenvalue weighted by Gasteiger charge is 2.11. The summed E-state index contributed by atoms with van der Waals surface area (Å²) in [5.74, 6) is -1.70. The Morgan fingerprint density at radius 2 is 1.88 bits per heavy atom. The number of nitrogens with zero attached hydrogens (tertiary/aromatic N) is 1. The van der Waals surface area contributed by atoms with Gasteiger partial charge < -0.3 is 10.4 Å². The van der Waals surface area contributed by atoms with Crippen LogP contribution in [-0.2, 0) is 16.1 Å². The molecule has 7 heteroatoms. The van der Waals surface area contributed by atoms with E-state index in [-0.39, 0.29) is 17.3 Å². The minimum absolute atomic E-state index is 0.0478. The van der Waals surface area contributed by atoms with Crippen molar-refractivity contribution >= 4 is 29.6 Å². The third kappa shape index (κ3) is 5.10. The summed E-state index contributed by atoms with van der Waals surface area (Å²) >= 11 is 5.75. The number of hydrazone groups is 1. The lowest BCUT2D eigenvalue weighted by molar-refractivity contribution is -0.139. The van der Waals surface area contributed by atoms with E-state index in [4.69, 9.17) is 11.6 Å². The van der Waals surface area contributed by atoms with Crippen LogP contribution in [0, 0.1) is 6.92 Å². The molecule has 0 heterocycles. The maximum atomic E-state index is 11.7. The summed E-state index contributed by atoms with van der Waals surface area (Å²) in [5.41, 5.74) is 4.70. The highest BCUT2D eigenvalue weighted by molar-refractivity contribution is 6.35. The van der Waals surface area contributed by atoms with E-state index in [0.29, 0.717) is 5.56 Å². The van der Waals surface area contributed by atoms with Gasteiger partial charge in [-0.3, -0.25) is 9.59 Å². The lowest BCUT2D eigenvalue weighted by Crippen LogP contribution is -2.37. The molecule has 0 spiro atoms.